The number of nitrogens with one attached hydrogen (secondary N) is 1. The molecule has 17 heavy (non-hydrogen) atoms. The third-order valence-corrected chi connectivity index (χ3v) is 2.38. The van der Waals surface area contributed by atoms with Crippen LogP contribution in [0.1, 0.15) is 22.3 Å². The predicted molar refractivity (Wildman–Crippen MR) is 66.0 cm³/mol. The van der Waals surface area contributed by atoms with Gasteiger partial charge in [-0.2, -0.15) is 0 Å². The average molecular weight is 237 g/mol. The molecule has 4 nitrogen and oxygen atoms in total. The van der Waals surface area contributed by atoms with E-state index in [1.807, 2.05) is 31.2 Å². The molecule has 2 N–H and O–H groups in total. The van der Waals surface area contributed by atoms with Crippen molar-refractivity contribution in [3.8, 4) is 0 Å². The van der Waals surface area contributed by atoms with Crippen LogP contribution in [0.2, 0.25) is 0 Å². The summed E-state index contributed by atoms with van der Waals surface area (Å²) in [5, 5.41) is 11.3. The fraction of sp³-hybridized carbons (Fsp3) is 0.462. The molecule has 4 heteroatoms. The van der Waals surface area contributed by atoms with Crippen molar-refractivity contribution < 1.29 is 14.6 Å². The van der Waals surface area contributed by atoms with E-state index in [9.17, 15) is 4.79 Å². The Hall–Kier alpha value is -1.39. The number of carbonyl (C=O) groups is 1. The molecule has 0 saturated carbocycles. The van der Waals surface area contributed by atoms with E-state index in [2.05, 4.69) is 5.32 Å². The lowest BCUT2D eigenvalue weighted by Crippen LogP contribution is -2.26. The third-order valence-electron chi connectivity index (χ3n) is 2.38. The minimum Gasteiger partial charge on any atom is -0.394 e. The second-order valence-electron chi connectivity index (χ2n) is 3.76. The molecule has 0 fully saturated rings. The largest absolute Gasteiger partial charge is 0.394 e. The smallest absolute Gasteiger partial charge is 0.251 e. The number of ether oxygens (including phenoxy) is 1. The van der Waals surface area contributed by atoms with Crippen LogP contribution in [0.3, 0.4) is 0 Å². The first-order valence-electron chi connectivity index (χ1n) is 5.78. The van der Waals surface area contributed by atoms with Gasteiger partial charge in [0.05, 0.1) is 13.2 Å². The van der Waals surface area contributed by atoms with Gasteiger partial charge in [-0.25, -0.2) is 0 Å². The molecular weight excluding hydrogens is 218 g/mol. The highest BCUT2D eigenvalue weighted by molar-refractivity contribution is 5.95. The van der Waals surface area contributed by atoms with Crippen LogP contribution >= 0.6 is 0 Å². The Morgan fingerprint density at radius 1 is 1.35 bits per heavy atom. The molecular formula is C13H19NO3. The van der Waals surface area contributed by atoms with E-state index in [0.29, 0.717) is 25.3 Å². The molecule has 0 aliphatic heterocycles. The van der Waals surface area contributed by atoms with Crippen LogP contribution in [0.15, 0.2) is 24.3 Å². The van der Waals surface area contributed by atoms with Gasteiger partial charge in [-0.05, 0) is 25.0 Å². The van der Waals surface area contributed by atoms with Crippen molar-refractivity contribution in [3.05, 3.63) is 35.4 Å². The molecule has 0 atom stereocenters. The second kappa shape index (κ2) is 7.81. The van der Waals surface area contributed by atoms with Gasteiger partial charge >= 0.3 is 0 Å². The number of carbonyl (C=O) groups excluding carboxylic acids is 1. The average Bonchev–Trinajstić information content (AvgIpc) is 2.34. The first kappa shape index (κ1) is 13.7. The highest BCUT2D eigenvalue weighted by Crippen LogP contribution is 2.06. The topological polar surface area (TPSA) is 58.6 Å². The van der Waals surface area contributed by atoms with Gasteiger partial charge in [0, 0.05) is 18.7 Å². The zero-order chi connectivity index (χ0) is 12.5. The summed E-state index contributed by atoms with van der Waals surface area (Å²) < 4.78 is 5.09. The Morgan fingerprint density at radius 3 is 2.82 bits per heavy atom. The molecule has 0 radical (unpaired) electrons. The van der Waals surface area contributed by atoms with Crippen molar-refractivity contribution in [1.29, 1.82) is 0 Å². The van der Waals surface area contributed by atoms with Crippen LogP contribution in [0.5, 0.6) is 0 Å². The number of benzene rings is 1. The van der Waals surface area contributed by atoms with Crippen molar-refractivity contribution in [2.45, 2.75) is 13.3 Å². The van der Waals surface area contributed by atoms with Gasteiger partial charge in [-0.3, -0.25) is 4.79 Å². The SMILES string of the molecule is Cc1ccccc1C(=O)NCCCOCCO. The van der Waals surface area contributed by atoms with Gasteiger partial charge in [0.2, 0.25) is 0 Å². The molecule has 94 valence electrons. The molecule has 0 bridgehead atoms. The van der Waals surface area contributed by atoms with Crippen LogP contribution in [0, 0.1) is 6.92 Å². The van der Waals surface area contributed by atoms with Crippen molar-refractivity contribution in [2.24, 2.45) is 0 Å². The van der Waals surface area contributed by atoms with Crippen LogP contribution in [0.4, 0.5) is 0 Å². The van der Waals surface area contributed by atoms with Gasteiger partial charge in [-0.1, -0.05) is 18.2 Å². The molecule has 0 aromatic heterocycles. The summed E-state index contributed by atoms with van der Waals surface area (Å²) in [6.07, 6.45) is 0.748. The van der Waals surface area contributed by atoms with Crippen LogP contribution in [-0.2, 0) is 4.74 Å². The normalized spacial score (nSPS) is 10.2. The monoisotopic (exact) mass is 237 g/mol. The summed E-state index contributed by atoms with van der Waals surface area (Å²) in [6, 6.07) is 7.49. The van der Waals surface area contributed by atoms with E-state index in [4.69, 9.17) is 9.84 Å². The fourth-order valence-corrected chi connectivity index (χ4v) is 1.47. The molecule has 0 heterocycles. The number of hydrogen-bond donors (Lipinski definition) is 2. The number of aliphatic hydroxyl groups is 1. The van der Waals surface area contributed by atoms with Gasteiger partial charge in [0.1, 0.15) is 0 Å². The molecule has 0 unspecified atom stereocenters. The number of aliphatic hydroxyl groups excluding tert-OH is 1. The maximum atomic E-state index is 11.8. The van der Waals surface area contributed by atoms with Crippen molar-refractivity contribution >= 4 is 5.91 Å². The summed E-state index contributed by atoms with van der Waals surface area (Å²) in [5.74, 6) is -0.0507. The lowest BCUT2D eigenvalue weighted by Gasteiger charge is -2.07. The second-order valence-corrected chi connectivity index (χ2v) is 3.76. The van der Waals surface area contributed by atoms with Crippen molar-refractivity contribution in [3.63, 3.8) is 0 Å². The van der Waals surface area contributed by atoms with Gasteiger partial charge in [0.25, 0.3) is 5.91 Å². The zero-order valence-electron chi connectivity index (χ0n) is 10.1. The summed E-state index contributed by atoms with van der Waals surface area (Å²) >= 11 is 0. The summed E-state index contributed by atoms with van der Waals surface area (Å²) in [4.78, 5) is 11.8. The van der Waals surface area contributed by atoms with E-state index >= 15 is 0 Å². The Bertz CT molecular complexity index is 352. The Balaban J connectivity index is 2.24. The molecule has 1 amide bonds. The van der Waals surface area contributed by atoms with Crippen LogP contribution in [-0.4, -0.2) is 37.4 Å². The number of aryl methyl sites for hydroxylation is 1. The highest BCUT2D eigenvalue weighted by atomic mass is 16.5. The maximum Gasteiger partial charge on any atom is 0.251 e. The lowest BCUT2D eigenvalue weighted by atomic mass is 10.1. The fourth-order valence-electron chi connectivity index (χ4n) is 1.47. The molecule has 1 aromatic carbocycles. The van der Waals surface area contributed by atoms with Crippen molar-refractivity contribution in [2.75, 3.05) is 26.4 Å². The Kier molecular flexibility index (Phi) is 6.29. The summed E-state index contributed by atoms with van der Waals surface area (Å²) in [7, 11) is 0. The van der Waals surface area contributed by atoms with E-state index in [1.54, 1.807) is 0 Å². The van der Waals surface area contributed by atoms with Crippen molar-refractivity contribution in [1.82, 2.24) is 5.32 Å². The molecule has 0 aliphatic carbocycles. The predicted octanol–water partition coefficient (Wildman–Crippen LogP) is 1.12. The minimum absolute atomic E-state index is 0.0373. The van der Waals surface area contributed by atoms with E-state index in [0.717, 1.165) is 12.0 Å². The molecule has 0 spiro atoms. The number of hydrogen-bond acceptors (Lipinski definition) is 3. The zero-order valence-corrected chi connectivity index (χ0v) is 10.1. The summed E-state index contributed by atoms with van der Waals surface area (Å²) in [5.41, 5.74) is 1.69. The maximum absolute atomic E-state index is 11.8. The Morgan fingerprint density at radius 2 is 2.12 bits per heavy atom. The minimum atomic E-state index is -0.0507. The Labute approximate surface area is 102 Å². The number of rotatable bonds is 7. The molecule has 0 aliphatic rings. The van der Waals surface area contributed by atoms with Gasteiger partial charge < -0.3 is 15.2 Å². The van der Waals surface area contributed by atoms with E-state index in [-0.39, 0.29) is 12.5 Å². The van der Waals surface area contributed by atoms with E-state index < -0.39 is 0 Å². The molecule has 1 aromatic rings. The van der Waals surface area contributed by atoms with Gasteiger partial charge in [-0.15, -0.1) is 0 Å². The van der Waals surface area contributed by atoms with Crippen LogP contribution < -0.4 is 5.32 Å². The third kappa shape index (κ3) is 4.97. The van der Waals surface area contributed by atoms with Gasteiger partial charge in [0.15, 0.2) is 0 Å². The molecule has 1 rings (SSSR count). The first-order chi connectivity index (χ1) is 8.25. The summed E-state index contributed by atoms with van der Waals surface area (Å²) in [6.45, 7) is 3.44. The standard InChI is InChI=1S/C13H19NO3/c1-11-5-2-3-6-12(11)13(16)14-7-4-9-17-10-8-15/h2-3,5-6,15H,4,7-10H2,1H3,(H,14,16). The highest BCUT2D eigenvalue weighted by Gasteiger charge is 2.06. The molecule has 0 saturated heterocycles. The first-order valence-corrected chi connectivity index (χ1v) is 5.78. The van der Waals surface area contributed by atoms with Crippen LogP contribution in [0.25, 0.3) is 0 Å². The lowest BCUT2D eigenvalue weighted by molar-refractivity contribution is 0.0867. The quantitative estimate of drug-likeness (QED) is 0.699. The number of amides is 1. The van der Waals surface area contributed by atoms with E-state index in [1.165, 1.54) is 0 Å².